The molecule has 2 aromatic rings. The first-order valence-electron chi connectivity index (χ1n) is 7.53. The van der Waals surface area contributed by atoms with Crippen LogP contribution in [0.2, 0.25) is 0 Å². The third kappa shape index (κ3) is 4.95. The fourth-order valence-corrected chi connectivity index (χ4v) is 2.55. The number of nitrogens with zero attached hydrogens (tertiary/aromatic N) is 2. The van der Waals surface area contributed by atoms with Gasteiger partial charge >= 0.3 is 18.5 Å². The highest BCUT2D eigenvalue weighted by atomic mass is 19.4. The van der Waals surface area contributed by atoms with Gasteiger partial charge in [-0.1, -0.05) is 6.07 Å². The lowest BCUT2D eigenvalue weighted by atomic mass is 10.0. The minimum atomic E-state index is -5.73. The Bertz CT molecular complexity index is 1050. The molecular weight excluding hydrogens is 457 g/mol. The van der Waals surface area contributed by atoms with E-state index in [9.17, 15) is 59.7 Å². The second kappa shape index (κ2) is 7.59. The number of anilines is 2. The summed E-state index contributed by atoms with van der Waals surface area (Å²) in [6.45, 7) is 0. The molecule has 31 heavy (non-hydrogen) atoms. The van der Waals surface area contributed by atoms with Crippen LogP contribution in [-0.2, 0) is 18.5 Å². The smallest absolute Gasteiger partial charge is 0.349 e. The number of benzene rings is 2. The highest BCUT2D eigenvalue weighted by molar-refractivity contribution is 5.78. The van der Waals surface area contributed by atoms with Crippen molar-refractivity contribution in [3.63, 3.8) is 0 Å². The van der Waals surface area contributed by atoms with Crippen LogP contribution in [0.3, 0.4) is 0 Å². The second-order valence-corrected chi connectivity index (χ2v) is 5.75. The molecule has 1 N–H and O–H groups in total. The number of halogens is 9. The average molecular weight is 463 g/mol. The standard InChI is InChI=1S/C15H6F9N3O4/c16-13(17,18)7-2-1-3-9(11(7)15(22,23)24)25-12-8(14(19,20)21)4-6(26(28)29)5-10(12)27(30)31/h1-5,25H. The summed E-state index contributed by atoms with van der Waals surface area (Å²) in [5, 5.41) is 23.3. The van der Waals surface area contributed by atoms with Gasteiger partial charge in [-0.05, 0) is 12.1 Å². The van der Waals surface area contributed by atoms with E-state index in [1.807, 2.05) is 0 Å². The van der Waals surface area contributed by atoms with Gasteiger partial charge in [-0.25, -0.2) is 0 Å². The van der Waals surface area contributed by atoms with Gasteiger partial charge in [0.2, 0.25) is 0 Å². The summed E-state index contributed by atoms with van der Waals surface area (Å²) in [6.07, 6.45) is -16.9. The van der Waals surface area contributed by atoms with Gasteiger partial charge in [0.05, 0.1) is 38.3 Å². The first-order chi connectivity index (χ1) is 13.9. The molecule has 0 saturated heterocycles. The van der Waals surface area contributed by atoms with Crippen LogP contribution in [-0.4, -0.2) is 9.85 Å². The molecule has 0 heterocycles. The Morgan fingerprint density at radius 2 is 1.29 bits per heavy atom. The molecule has 0 amide bonds. The van der Waals surface area contributed by atoms with E-state index < -0.39 is 67.8 Å². The van der Waals surface area contributed by atoms with Crippen LogP contribution in [0, 0.1) is 20.2 Å². The Kier molecular flexibility index (Phi) is 5.80. The van der Waals surface area contributed by atoms with E-state index >= 15 is 0 Å². The van der Waals surface area contributed by atoms with Gasteiger partial charge in [0.1, 0.15) is 5.69 Å². The lowest BCUT2D eigenvalue weighted by Gasteiger charge is -2.21. The summed E-state index contributed by atoms with van der Waals surface area (Å²) in [7, 11) is 0. The lowest BCUT2D eigenvalue weighted by Crippen LogP contribution is -2.19. The van der Waals surface area contributed by atoms with Gasteiger partial charge in [0.15, 0.2) is 0 Å². The van der Waals surface area contributed by atoms with Crippen LogP contribution in [0.25, 0.3) is 0 Å². The van der Waals surface area contributed by atoms with E-state index in [4.69, 9.17) is 0 Å². The van der Waals surface area contributed by atoms with Crippen LogP contribution >= 0.6 is 0 Å². The van der Waals surface area contributed by atoms with E-state index in [2.05, 4.69) is 0 Å². The lowest BCUT2D eigenvalue weighted by molar-refractivity contribution is -0.394. The summed E-state index contributed by atoms with van der Waals surface area (Å²) >= 11 is 0. The molecule has 0 aliphatic rings. The third-order valence-electron chi connectivity index (χ3n) is 3.73. The van der Waals surface area contributed by atoms with E-state index in [1.54, 1.807) is 0 Å². The monoisotopic (exact) mass is 463 g/mol. The first-order valence-corrected chi connectivity index (χ1v) is 7.53. The number of hydrogen-bond donors (Lipinski definition) is 1. The summed E-state index contributed by atoms with van der Waals surface area (Å²) in [5.41, 5.74) is -13.2. The van der Waals surface area contributed by atoms with Gasteiger partial charge in [0.25, 0.3) is 11.4 Å². The largest absolute Gasteiger partial charge is 0.419 e. The zero-order chi connectivity index (χ0) is 23.9. The molecule has 0 spiro atoms. The SMILES string of the molecule is O=[N+]([O-])c1cc([N+](=O)[O-])c(Nc2cccc(C(F)(F)F)c2C(F)(F)F)c(C(F)(F)F)c1. The quantitative estimate of drug-likeness (QED) is 0.326. The molecular formula is C15H6F9N3O4. The van der Waals surface area contributed by atoms with Gasteiger partial charge in [-0.2, -0.15) is 39.5 Å². The number of nitro groups is 2. The molecule has 0 saturated carbocycles. The van der Waals surface area contributed by atoms with Crippen molar-refractivity contribution in [2.24, 2.45) is 0 Å². The average Bonchev–Trinajstić information content (AvgIpc) is 2.58. The maximum absolute atomic E-state index is 13.4. The van der Waals surface area contributed by atoms with Gasteiger partial charge < -0.3 is 5.32 Å². The van der Waals surface area contributed by atoms with Gasteiger partial charge in [0, 0.05) is 6.07 Å². The third-order valence-corrected chi connectivity index (χ3v) is 3.73. The molecule has 168 valence electrons. The first kappa shape index (κ1) is 23.7. The Morgan fingerprint density at radius 1 is 0.742 bits per heavy atom. The van der Waals surface area contributed by atoms with Gasteiger partial charge in [-0.3, -0.25) is 20.2 Å². The van der Waals surface area contributed by atoms with Crippen LogP contribution in [0.4, 0.5) is 62.3 Å². The second-order valence-electron chi connectivity index (χ2n) is 5.75. The number of rotatable bonds is 4. The van der Waals surface area contributed by atoms with E-state index in [-0.39, 0.29) is 18.2 Å². The molecule has 0 unspecified atom stereocenters. The van der Waals surface area contributed by atoms with Crippen molar-refractivity contribution in [3.05, 3.63) is 67.3 Å². The Balaban J connectivity index is 2.89. The molecule has 2 rings (SSSR count). The highest BCUT2D eigenvalue weighted by Gasteiger charge is 2.46. The Morgan fingerprint density at radius 3 is 1.71 bits per heavy atom. The molecule has 0 radical (unpaired) electrons. The Labute approximate surface area is 164 Å². The van der Waals surface area contributed by atoms with E-state index in [0.717, 1.165) is 0 Å². The maximum Gasteiger partial charge on any atom is 0.419 e. The van der Waals surface area contributed by atoms with Crippen LogP contribution in [0.5, 0.6) is 0 Å². The van der Waals surface area contributed by atoms with Crippen LogP contribution < -0.4 is 5.32 Å². The number of hydrogen-bond acceptors (Lipinski definition) is 5. The molecule has 7 nitrogen and oxygen atoms in total. The number of alkyl halides is 9. The van der Waals surface area contributed by atoms with E-state index in [1.165, 1.54) is 5.32 Å². The molecule has 2 aromatic carbocycles. The number of non-ortho nitro benzene ring substituents is 1. The van der Waals surface area contributed by atoms with Crippen molar-refractivity contribution >= 4 is 22.7 Å². The molecule has 0 aliphatic heterocycles. The number of nitrogens with one attached hydrogen (secondary N) is 1. The van der Waals surface area contributed by atoms with Crippen molar-refractivity contribution in [1.82, 2.24) is 0 Å². The molecule has 0 fully saturated rings. The molecule has 16 heteroatoms. The van der Waals surface area contributed by atoms with Crippen LogP contribution in [0.15, 0.2) is 30.3 Å². The van der Waals surface area contributed by atoms with E-state index in [0.29, 0.717) is 12.1 Å². The zero-order valence-corrected chi connectivity index (χ0v) is 14.3. The molecule has 0 aliphatic carbocycles. The normalized spacial score (nSPS) is 12.5. The van der Waals surface area contributed by atoms with Crippen molar-refractivity contribution in [2.75, 3.05) is 5.32 Å². The molecule has 0 bridgehead atoms. The fraction of sp³-hybridized carbons (Fsp3) is 0.200. The topological polar surface area (TPSA) is 98.3 Å². The van der Waals surface area contributed by atoms with Crippen molar-refractivity contribution in [3.8, 4) is 0 Å². The zero-order valence-electron chi connectivity index (χ0n) is 14.3. The van der Waals surface area contributed by atoms with Crippen molar-refractivity contribution < 1.29 is 49.4 Å². The van der Waals surface area contributed by atoms with Crippen molar-refractivity contribution in [1.29, 1.82) is 0 Å². The summed E-state index contributed by atoms with van der Waals surface area (Å²) < 4.78 is 119. The predicted octanol–water partition coefficient (Wildman–Crippen LogP) is 6.30. The maximum atomic E-state index is 13.4. The van der Waals surface area contributed by atoms with Gasteiger partial charge in [-0.15, -0.1) is 0 Å². The fourth-order valence-electron chi connectivity index (χ4n) is 2.55. The summed E-state index contributed by atoms with van der Waals surface area (Å²) in [5.74, 6) is 0. The highest BCUT2D eigenvalue weighted by Crippen LogP contribution is 2.48. The minimum Gasteiger partial charge on any atom is -0.349 e. The minimum absolute atomic E-state index is 0.0168. The molecule has 0 aromatic heterocycles. The summed E-state index contributed by atoms with van der Waals surface area (Å²) in [4.78, 5) is 19.0. The summed E-state index contributed by atoms with van der Waals surface area (Å²) in [6, 6.07) is 0.603. The molecule has 0 atom stereocenters. The number of nitro benzene ring substituents is 2. The Hall–Kier alpha value is -3.59. The predicted molar refractivity (Wildman–Crippen MR) is 84.5 cm³/mol. The van der Waals surface area contributed by atoms with Crippen LogP contribution in [0.1, 0.15) is 16.7 Å². The van der Waals surface area contributed by atoms with Crippen molar-refractivity contribution in [2.45, 2.75) is 18.5 Å².